The van der Waals surface area contributed by atoms with E-state index in [0.717, 1.165) is 42.2 Å². The number of piperidine rings is 1. The number of amides is 1. The van der Waals surface area contributed by atoms with Gasteiger partial charge < -0.3 is 15.5 Å². The van der Waals surface area contributed by atoms with Crippen molar-refractivity contribution in [3.05, 3.63) is 21.9 Å². The largest absolute Gasteiger partial charge is 0.338 e. The third kappa shape index (κ3) is 4.07. The van der Waals surface area contributed by atoms with Crippen LogP contribution < -0.4 is 5.73 Å². The van der Waals surface area contributed by atoms with E-state index < -0.39 is 0 Å². The fourth-order valence-corrected chi connectivity index (χ4v) is 3.48. The van der Waals surface area contributed by atoms with Crippen LogP contribution >= 0.6 is 11.3 Å². The maximum absolute atomic E-state index is 12.5. The number of nitrogens with zero attached hydrogens (tertiary/aromatic N) is 2. The summed E-state index contributed by atoms with van der Waals surface area (Å²) in [5.41, 5.74) is 5.36. The molecular formula is C16H23N3OS. The van der Waals surface area contributed by atoms with E-state index in [0.29, 0.717) is 12.6 Å². The normalized spacial score (nSPS) is 16.3. The van der Waals surface area contributed by atoms with Crippen LogP contribution in [0, 0.1) is 11.8 Å². The van der Waals surface area contributed by atoms with Crippen LogP contribution in [0.25, 0.3) is 0 Å². The highest BCUT2D eigenvalue weighted by molar-refractivity contribution is 7.14. The molecule has 0 atom stereocenters. The summed E-state index contributed by atoms with van der Waals surface area (Å²) in [7, 11) is 1.92. The minimum absolute atomic E-state index is 0.107. The number of thiophene rings is 1. The zero-order valence-electron chi connectivity index (χ0n) is 12.8. The Labute approximate surface area is 130 Å². The summed E-state index contributed by atoms with van der Waals surface area (Å²) in [6.07, 6.45) is 2.11. The Morgan fingerprint density at radius 1 is 1.48 bits per heavy atom. The Kier molecular flexibility index (Phi) is 5.80. The molecule has 0 radical (unpaired) electrons. The van der Waals surface area contributed by atoms with Crippen molar-refractivity contribution in [2.75, 3.05) is 33.2 Å². The molecule has 2 rings (SSSR count). The van der Waals surface area contributed by atoms with E-state index in [1.54, 1.807) is 0 Å². The number of rotatable bonds is 3. The van der Waals surface area contributed by atoms with Gasteiger partial charge in [-0.2, -0.15) is 0 Å². The molecule has 21 heavy (non-hydrogen) atoms. The molecule has 1 aromatic heterocycles. The molecule has 4 nitrogen and oxygen atoms in total. The number of likely N-dealkylation sites (tertiary alicyclic amines) is 1. The van der Waals surface area contributed by atoms with Gasteiger partial charge in [0.2, 0.25) is 0 Å². The lowest BCUT2D eigenvalue weighted by Crippen LogP contribution is -2.45. The molecule has 0 saturated carbocycles. The molecule has 0 spiro atoms. The summed E-state index contributed by atoms with van der Waals surface area (Å²) in [6, 6.07) is 4.11. The quantitative estimate of drug-likeness (QED) is 0.863. The minimum atomic E-state index is 0.107. The van der Waals surface area contributed by atoms with E-state index in [1.165, 1.54) is 11.3 Å². The van der Waals surface area contributed by atoms with Gasteiger partial charge in [0.05, 0.1) is 16.3 Å². The van der Waals surface area contributed by atoms with E-state index in [9.17, 15) is 4.79 Å². The van der Waals surface area contributed by atoms with Gasteiger partial charge in [-0.05, 0) is 31.5 Å². The first kappa shape index (κ1) is 16.0. The lowest BCUT2D eigenvalue weighted by atomic mass is 10.0. The van der Waals surface area contributed by atoms with Crippen molar-refractivity contribution in [1.82, 2.24) is 9.80 Å². The van der Waals surface area contributed by atoms with Crippen LogP contribution in [0.15, 0.2) is 12.1 Å². The van der Waals surface area contributed by atoms with Crippen molar-refractivity contribution < 1.29 is 4.79 Å². The minimum Gasteiger partial charge on any atom is -0.338 e. The van der Waals surface area contributed by atoms with Crippen molar-refractivity contribution in [2.24, 2.45) is 5.73 Å². The first-order chi connectivity index (χ1) is 10.2. The predicted molar refractivity (Wildman–Crippen MR) is 87.5 cm³/mol. The molecule has 1 fully saturated rings. The van der Waals surface area contributed by atoms with Crippen molar-refractivity contribution >= 4 is 17.2 Å². The topological polar surface area (TPSA) is 49.6 Å². The van der Waals surface area contributed by atoms with Crippen LogP contribution in [0.1, 0.15) is 34.3 Å². The zero-order chi connectivity index (χ0) is 15.2. The van der Waals surface area contributed by atoms with Crippen molar-refractivity contribution in [2.45, 2.75) is 25.8 Å². The Balaban J connectivity index is 1.97. The van der Waals surface area contributed by atoms with E-state index in [4.69, 9.17) is 5.73 Å². The SMILES string of the molecule is CCN1CCC(N(C)C(=O)c2ccc(C#CCN)s2)CC1. The number of carbonyl (C=O) groups is 1. The molecule has 1 aliphatic heterocycles. The van der Waals surface area contributed by atoms with Gasteiger partial charge in [0.1, 0.15) is 0 Å². The summed E-state index contributed by atoms with van der Waals surface area (Å²) in [5.74, 6) is 5.90. The molecule has 0 aromatic carbocycles. The second-order valence-electron chi connectivity index (χ2n) is 5.25. The van der Waals surface area contributed by atoms with Gasteiger partial charge in [-0.15, -0.1) is 11.3 Å². The molecule has 0 unspecified atom stereocenters. The van der Waals surface area contributed by atoms with Crippen LogP contribution in [0.5, 0.6) is 0 Å². The second-order valence-corrected chi connectivity index (χ2v) is 6.34. The van der Waals surface area contributed by atoms with Crippen LogP contribution in [0.2, 0.25) is 0 Å². The van der Waals surface area contributed by atoms with Gasteiger partial charge in [-0.1, -0.05) is 18.8 Å². The van der Waals surface area contributed by atoms with Crippen LogP contribution in [0.3, 0.4) is 0 Å². The lowest BCUT2D eigenvalue weighted by Gasteiger charge is -2.36. The average molecular weight is 305 g/mol. The highest BCUT2D eigenvalue weighted by atomic mass is 32.1. The monoisotopic (exact) mass is 305 g/mol. The highest BCUT2D eigenvalue weighted by Crippen LogP contribution is 2.21. The Hall–Kier alpha value is -1.35. The fraction of sp³-hybridized carbons (Fsp3) is 0.562. The summed E-state index contributed by atoms with van der Waals surface area (Å²) in [5, 5.41) is 0. The van der Waals surface area contributed by atoms with Crippen LogP contribution in [-0.2, 0) is 0 Å². The smallest absolute Gasteiger partial charge is 0.263 e. The number of hydrogen-bond acceptors (Lipinski definition) is 4. The molecule has 2 heterocycles. The Bertz CT molecular complexity index is 535. The molecule has 0 aliphatic carbocycles. The lowest BCUT2D eigenvalue weighted by molar-refractivity contribution is 0.0651. The number of carbonyl (C=O) groups excluding carboxylic acids is 1. The second kappa shape index (κ2) is 7.60. The Morgan fingerprint density at radius 2 is 2.19 bits per heavy atom. The van der Waals surface area contributed by atoms with E-state index in [1.807, 2.05) is 24.1 Å². The predicted octanol–water partition coefficient (Wildman–Crippen LogP) is 1.61. The van der Waals surface area contributed by atoms with E-state index >= 15 is 0 Å². The third-order valence-electron chi connectivity index (χ3n) is 4.00. The molecule has 114 valence electrons. The van der Waals surface area contributed by atoms with Crippen molar-refractivity contribution in [1.29, 1.82) is 0 Å². The van der Waals surface area contributed by atoms with Crippen LogP contribution in [-0.4, -0.2) is 55.0 Å². The van der Waals surface area contributed by atoms with Gasteiger partial charge >= 0.3 is 0 Å². The van der Waals surface area contributed by atoms with Crippen LogP contribution in [0.4, 0.5) is 0 Å². The van der Waals surface area contributed by atoms with Crippen molar-refractivity contribution in [3.63, 3.8) is 0 Å². The van der Waals surface area contributed by atoms with Gasteiger partial charge in [-0.3, -0.25) is 4.79 Å². The molecule has 1 aromatic rings. The first-order valence-corrected chi connectivity index (χ1v) is 8.25. The third-order valence-corrected chi connectivity index (χ3v) is 4.99. The first-order valence-electron chi connectivity index (χ1n) is 7.44. The van der Waals surface area contributed by atoms with E-state index in [2.05, 4.69) is 23.7 Å². The van der Waals surface area contributed by atoms with E-state index in [-0.39, 0.29) is 5.91 Å². The van der Waals surface area contributed by atoms with Gasteiger partial charge in [0.15, 0.2) is 0 Å². The van der Waals surface area contributed by atoms with Gasteiger partial charge in [-0.25, -0.2) is 0 Å². The summed E-state index contributed by atoms with van der Waals surface area (Å²) < 4.78 is 0. The van der Waals surface area contributed by atoms with Gasteiger partial charge in [0, 0.05) is 26.2 Å². The zero-order valence-corrected chi connectivity index (χ0v) is 13.6. The maximum Gasteiger partial charge on any atom is 0.263 e. The molecule has 1 saturated heterocycles. The standard InChI is InChI=1S/C16H23N3OS/c1-3-19-11-8-13(9-12-19)18(2)16(20)15-7-6-14(21-15)5-4-10-17/h6-7,13H,3,8-12,17H2,1-2H3. The summed E-state index contributed by atoms with van der Waals surface area (Å²) in [4.78, 5) is 18.5. The van der Waals surface area contributed by atoms with Crippen molar-refractivity contribution in [3.8, 4) is 11.8 Å². The average Bonchev–Trinajstić information content (AvgIpc) is 3.00. The molecule has 2 N–H and O–H groups in total. The molecule has 0 bridgehead atoms. The molecular weight excluding hydrogens is 282 g/mol. The number of nitrogens with two attached hydrogens (primary N) is 1. The van der Waals surface area contributed by atoms with Gasteiger partial charge in [0.25, 0.3) is 5.91 Å². The number of hydrogen-bond donors (Lipinski definition) is 1. The highest BCUT2D eigenvalue weighted by Gasteiger charge is 2.26. The molecule has 1 aliphatic rings. The Morgan fingerprint density at radius 3 is 2.81 bits per heavy atom. The molecule has 5 heteroatoms. The fourth-order valence-electron chi connectivity index (χ4n) is 2.62. The summed E-state index contributed by atoms with van der Waals surface area (Å²) in [6.45, 7) is 5.78. The maximum atomic E-state index is 12.5. The summed E-state index contributed by atoms with van der Waals surface area (Å²) >= 11 is 1.45. The molecule has 1 amide bonds.